The molecule has 33 heavy (non-hydrogen) atoms. The summed E-state index contributed by atoms with van der Waals surface area (Å²) >= 11 is 12.8. The van der Waals surface area contributed by atoms with Gasteiger partial charge in [-0.3, -0.25) is 0 Å². The number of nitrogens with zero attached hydrogens (tertiary/aromatic N) is 2. The summed E-state index contributed by atoms with van der Waals surface area (Å²) in [6.07, 6.45) is 0. The molecule has 7 heteroatoms. The average Bonchev–Trinajstić information content (AvgIpc) is 2.86. The SMILES string of the molecule is CCN(CC)P(=S)(Oc1cccc(P(=S)(c2ccccc2)c2ccccc2)c1)N(CC)CC. The van der Waals surface area contributed by atoms with E-state index < -0.39 is 12.6 Å². The third-order valence-corrected chi connectivity index (χ3v) is 15.4. The number of rotatable bonds is 11. The minimum atomic E-state index is -2.40. The molecule has 0 bridgehead atoms. The van der Waals surface area contributed by atoms with Crippen LogP contribution in [-0.4, -0.2) is 35.5 Å². The summed E-state index contributed by atoms with van der Waals surface area (Å²) in [6.45, 7) is 9.63. The molecule has 0 saturated heterocycles. The first-order chi connectivity index (χ1) is 15.9. The van der Waals surface area contributed by atoms with Crippen molar-refractivity contribution in [2.75, 3.05) is 26.2 Å². The molecule has 0 fully saturated rings. The van der Waals surface area contributed by atoms with Gasteiger partial charge in [0.15, 0.2) is 0 Å². The predicted molar refractivity (Wildman–Crippen MR) is 153 cm³/mol. The molecule has 0 aliphatic rings. The van der Waals surface area contributed by atoms with Gasteiger partial charge in [0, 0.05) is 32.2 Å². The van der Waals surface area contributed by atoms with Gasteiger partial charge in [-0.1, -0.05) is 112 Å². The molecule has 0 saturated carbocycles. The molecule has 3 nitrogen and oxygen atoms in total. The summed E-state index contributed by atoms with van der Waals surface area (Å²) in [5, 5.41) is 3.47. The van der Waals surface area contributed by atoms with Crippen LogP contribution < -0.4 is 20.4 Å². The smallest absolute Gasteiger partial charge is 0.253 e. The van der Waals surface area contributed by atoms with E-state index in [9.17, 15) is 0 Å². The molecule has 0 spiro atoms. The zero-order chi connectivity index (χ0) is 23.9. The van der Waals surface area contributed by atoms with Crippen LogP contribution in [0.1, 0.15) is 27.7 Å². The van der Waals surface area contributed by atoms with Crippen LogP contribution in [0.25, 0.3) is 0 Å². The zero-order valence-corrected chi connectivity index (χ0v) is 23.3. The van der Waals surface area contributed by atoms with Gasteiger partial charge < -0.3 is 4.52 Å². The zero-order valence-electron chi connectivity index (χ0n) is 19.9. The fraction of sp³-hybridized carbons (Fsp3) is 0.308. The molecule has 0 aromatic heterocycles. The quantitative estimate of drug-likeness (QED) is 0.302. The molecule has 0 aliphatic carbocycles. The lowest BCUT2D eigenvalue weighted by Gasteiger charge is -2.40. The molecule has 0 aliphatic heterocycles. The first kappa shape index (κ1) is 26.3. The van der Waals surface area contributed by atoms with Crippen molar-refractivity contribution in [2.45, 2.75) is 27.7 Å². The van der Waals surface area contributed by atoms with E-state index in [1.807, 2.05) is 18.2 Å². The van der Waals surface area contributed by atoms with Gasteiger partial charge in [-0.05, 0) is 39.9 Å². The van der Waals surface area contributed by atoms with Crippen molar-refractivity contribution >= 4 is 52.1 Å². The largest absolute Gasteiger partial charge is 0.441 e. The Bertz CT molecular complexity index is 1060. The van der Waals surface area contributed by atoms with Gasteiger partial charge in [0.05, 0.1) is 0 Å². The monoisotopic (exact) mass is 516 g/mol. The standard InChI is InChI=1S/C26H34N2OP2S2/c1-5-27(6-2)31(33,28(7-3)8-4)29-23-16-15-21-26(22-23)30(32,24-17-11-9-12-18-24)25-19-13-10-14-20-25/h9-22H,5-8H2,1-4H3. The lowest BCUT2D eigenvalue weighted by atomic mass is 10.3. The maximum atomic E-state index is 6.75. The van der Waals surface area contributed by atoms with Gasteiger partial charge in [0.25, 0.3) is 6.57 Å². The topological polar surface area (TPSA) is 15.7 Å². The molecular formula is C26H34N2OP2S2. The van der Waals surface area contributed by atoms with E-state index in [0.29, 0.717) is 0 Å². The Labute approximate surface area is 210 Å². The first-order valence-electron chi connectivity index (χ1n) is 11.6. The Hall–Kier alpha value is -1.32. The minimum Gasteiger partial charge on any atom is -0.441 e. The van der Waals surface area contributed by atoms with Crippen LogP contribution in [0.5, 0.6) is 5.75 Å². The highest BCUT2D eigenvalue weighted by Gasteiger charge is 2.33. The van der Waals surface area contributed by atoms with Crippen LogP contribution in [-0.2, 0) is 23.6 Å². The van der Waals surface area contributed by atoms with E-state index in [2.05, 4.69) is 104 Å². The van der Waals surface area contributed by atoms with Gasteiger partial charge >= 0.3 is 0 Å². The van der Waals surface area contributed by atoms with E-state index in [4.69, 9.17) is 28.1 Å². The Morgan fingerprint density at radius 2 is 1.03 bits per heavy atom. The van der Waals surface area contributed by atoms with E-state index in [1.54, 1.807) is 0 Å². The van der Waals surface area contributed by atoms with Crippen molar-refractivity contribution in [1.82, 2.24) is 9.34 Å². The van der Waals surface area contributed by atoms with Crippen molar-refractivity contribution in [3.8, 4) is 5.75 Å². The van der Waals surface area contributed by atoms with Crippen molar-refractivity contribution in [3.05, 3.63) is 84.9 Å². The highest BCUT2D eigenvalue weighted by atomic mass is 32.5. The van der Waals surface area contributed by atoms with Crippen molar-refractivity contribution in [1.29, 1.82) is 0 Å². The lowest BCUT2D eigenvalue weighted by Crippen LogP contribution is -2.34. The maximum absolute atomic E-state index is 6.75. The van der Waals surface area contributed by atoms with Crippen LogP contribution in [0, 0.1) is 0 Å². The Morgan fingerprint density at radius 3 is 1.45 bits per heavy atom. The van der Waals surface area contributed by atoms with E-state index in [1.165, 1.54) is 10.6 Å². The number of hydrogen-bond acceptors (Lipinski definition) is 3. The molecule has 3 aromatic rings. The van der Waals surface area contributed by atoms with Crippen LogP contribution >= 0.6 is 12.6 Å². The molecule has 0 heterocycles. The van der Waals surface area contributed by atoms with Gasteiger partial charge in [-0.15, -0.1) is 0 Å². The Morgan fingerprint density at radius 1 is 0.606 bits per heavy atom. The van der Waals surface area contributed by atoms with Crippen LogP contribution in [0.3, 0.4) is 0 Å². The molecule has 0 unspecified atom stereocenters. The molecule has 176 valence electrons. The van der Waals surface area contributed by atoms with Crippen molar-refractivity contribution < 1.29 is 4.52 Å². The second kappa shape index (κ2) is 11.9. The van der Waals surface area contributed by atoms with E-state index >= 15 is 0 Å². The van der Waals surface area contributed by atoms with Crippen molar-refractivity contribution in [3.63, 3.8) is 0 Å². The second-order valence-corrected chi connectivity index (χ2v) is 15.8. The highest BCUT2D eigenvalue weighted by molar-refractivity contribution is 8.25. The van der Waals surface area contributed by atoms with Gasteiger partial charge in [0.1, 0.15) is 5.75 Å². The van der Waals surface area contributed by atoms with Crippen LogP contribution in [0.15, 0.2) is 84.9 Å². The molecule has 3 aromatic carbocycles. The summed E-state index contributed by atoms with van der Waals surface area (Å²) in [4.78, 5) is 0. The fourth-order valence-corrected chi connectivity index (χ4v) is 11.9. The van der Waals surface area contributed by atoms with Crippen molar-refractivity contribution in [2.24, 2.45) is 0 Å². The third-order valence-electron chi connectivity index (χ3n) is 5.82. The molecule has 0 amide bonds. The Balaban J connectivity index is 2.12. The average molecular weight is 517 g/mol. The number of benzene rings is 3. The summed E-state index contributed by atoms with van der Waals surface area (Å²) in [6, 6.07) is 27.1. The molecule has 0 N–H and O–H groups in total. The first-order valence-corrected chi connectivity index (χ1v) is 17.0. The summed E-state index contributed by atoms with van der Waals surface area (Å²) in [7, 11) is 0. The van der Waals surface area contributed by atoms with Gasteiger partial charge in [0.2, 0.25) is 0 Å². The normalized spacial score (nSPS) is 12.3. The molecular weight excluding hydrogens is 482 g/mol. The molecule has 0 radical (unpaired) electrons. The van der Waals surface area contributed by atoms with Crippen LogP contribution in [0.2, 0.25) is 0 Å². The molecule has 3 rings (SSSR count). The number of hydrogen-bond donors (Lipinski definition) is 0. The minimum absolute atomic E-state index is 0.802. The summed E-state index contributed by atoms with van der Waals surface area (Å²) < 4.78 is 11.3. The van der Waals surface area contributed by atoms with E-state index in [-0.39, 0.29) is 0 Å². The van der Waals surface area contributed by atoms with E-state index in [0.717, 1.165) is 37.2 Å². The predicted octanol–water partition coefficient (Wildman–Crippen LogP) is 5.73. The molecule has 0 atom stereocenters. The van der Waals surface area contributed by atoms with Gasteiger partial charge in [-0.25, -0.2) is 9.34 Å². The maximum Gasteiger partial charge on any atom is 0.253 e. The lowest BCUT2D eigenvalue weighted by molar-refractivity contribution is 0.357. The highest BCUT2D eigenvalue weighted by Crippen LogP contribution is 2.54. The summed E-state index contributed by atoms with van der Waals surface area (Å²) in [5.74, 6) is 0.802. The van der Waals surface area contributed by atoms with Crippen LogP contribution in [0.4, 0.5) is 0 Å². The third kappa shape index (κ3) is 5.51. The van der Waals surface area contributed by atoms with Gasteiger partial charge in [-0.2, -0.15) is 0 Å². The second-order valence-electron chi connectivity index (χ2n) is 7.64. The fourth-order valence-electron chi connectivity index (χ4n) is 4.05. The Kier molecular flexibility index (Phi) is 9.47. The summed E-state index contributed by atoms with van der Waals surface area (Å²) in [5.41, 5.74) is 0.